The molecule has 3 aromatic rings. The molecule has 0 bridgehead atoms. The summed E-state index contributed by atoms with van der Waals surface area (Å²) >= 11 is 8.17. The number of hydrogen-bond acceptors (Lipinski definition) is 6. The van der Waals surface area contributed by atoms with Crippen LogP contribution in [0.4, 0.5) is 9.93 Å². The molecule has 0 unspecified atom stereocenters. The average molecular weight is 470 g/mol. The maximum absolute atomic E-state index is 12.6. The van der Waals surface area contributed by atoms with Crippen molar-refractivity contribution in [3.63, 3.8) is 0 Å². The normalized spacial score (nSPS) is 15.0. The zero-order valence-electron chi connectivity index (χ0n) is 16.1. The van der Waals surface area contributed by atoms with Crippen molar-refractivity contribution in [3.05, 3.63) is 86.7 Å². The number of carbonyl (C=O) groups excluding carboxylic acids is 3. The Morgan fingerprint density at radius 3 is 2.71 bits per heavy atom. The van der Waals surface area contributed by atoms with Gasteiger partial charge in [-0.1, -0.05) is 54.1 Å². The lowest BCUT2D eigenvalue weighted by Gasteiger charge is -2.11. The first-order chi connectivity index (χ1) is 15.0. The lowest BCUT2D eigenvalue weighted by atomic mass is 10.1. The fourth-order valence-corrected chi connectivity index (χ4v) is 4.85. The zero-order chi connectivity index (χ0) is 21.8. The van der Waals surface area contributed by atoms with Gasteiger partial charge in [-0.3, -0.25) is 19.3 Å². The van der Waals surface area contributed by atoms with E-state index in [1.807, 2.05) is 54.6 Å². The highest BCUT2D eigenvalue weighted by molar-refractivity contribution is 8.18. The number of benzene rings is 2. The van der Waals surface area contributed by atoms with Crippen LogP contribution in [-0.4, -0.2) is 33.5 Å². The highest BCUT2D eigenvalue weighted by atomic mass is 35.5. The number of amides is 3. The summed E-state index contributed by atoms with van der Waals surface area (Å²) in [4.78, 5) is 43.6. The Morgan fingerprint density at radius 1 is 1.13 bits per heavy atom. The number of nitrogens with one attached hydrogen (secondary N) is 1. The van der Waals surface area contributed by atoms with Gasteiger partial charge in [0.05, 0.1) is 4.91 Å². The van der Waals surface area contributed by atoms with Gasteiger partial charge in [0.1, 0.15) is 6.54 Å². The Bertz CT molecular complexity index is 1180. The van der Waals surface area contributed by atoms with Gasteiger partial charge in [-0.25, -0.2) is 4.98 Å². The predicted molar refractivity (Wildman–Crippen MR) is 124 cm³/mol. The first-order valence-corrected chi connectivity index (χ1v) is 11.3. The number of rotatable bonds is 6. The molecule has 0 atom stereocenters. The molecule has 4 rings (SSSR count). The van der Waals surface area contributed by atoms with Crippen LogP contribution in [0.25, 0.3) is 6.08 Å². The van der Waals surface area contributed by atoms with Gasteiger partial charge in [0, 0.05) is 22.5 Å². The van der Waals surface area contributed by atoms with E-state index in [1.165, 1.54) is 11.3 Å². The summed E-state index contributed by atoms with van der Waals surface area (Å²) in [6.07, 6.45) is 3.97. The fourth-order valence-electron chi connectivity index (χ4n) is 2.93. The van der Waals surface area contributed by atoms with Gasteiger partial charge in [0.25, 0.3) is 11.1 Å². The number of hydrogen-bond donors (Lipinski definition) is 1. The Hall–Kier alpha value is -2.94. The van der Waals surface area contributed by atoms with Crippen LogP contribution in [0.3, 0.4) is 0 Å². The Kier molecular flexibility index (Phi) is 6.50. The van der Waals surface area contributed by atoms with Crippen molar-refractivity contribution in [2.75, 3.05) is 11.9 Å². The van der Waals surface area contributed by atoms with Crippen molar-refractivity contribution >= 4 is 63.0 Å². The summed E-state index contributed by atoms with van der Waals surface area (Å²) in [5, 5.41) is 3.26. The van der Waals surface area contributed by atoms with Gasteiger partial charge in [-0.15, -0.1) is 11.3 Å². The molecular formula is C22H16ClN3O3S2. The molecule has 0 saturated carbocycles. The number of aromatic nitrogens is 1. The van der Waals surface area contributed by atoms with Gasteiger partial charge >= 0.3 is 0 Å². The van der Waals surface area contributed by atoms with Crippen molar-refractivity contribution in [1.82, 2.24) is 9.88 Å². The third-order valence-electron chi connectivity index (χ3n) is 4.34. The number of nitrogens with zero attached hydrogens (tertiary/aromatic N) is 2. The molecule has 156 valence electrons. The molecule has 0 radical (unpaired) electrons. The minimum Gasteiger partial charge on any atom is -0.300 e. The van der Waals surface area contributed by atoms with Crippen molar-refractivity contribution in [1.29, 1.82) is 0 Å². The van der Waals surface area contributed by atoms with Gasteiger partial charge in [0.2, 0.25) is 5.91 Å². The monoisotopic (exact) mass is 469 g/mol. The summed E-state index contributed by atoms with van der Waals surface area (Å²) < 4.78 is 0. The first-order valence-electron chi connectivity index (χ1n) is 9.27. The van der Waals surface area contributed by atoms with E-state index in [4.69, 9.17) is 11.6 Å². The third kappa shape index (κ3) is 5.41. The van der Waals surface area contributed by atoms with E-state index < -0.39 is 17.1 Å². The van der Waals surface area contributed by atoms with E-state index in [2.05, 4.69) is 10.3 Å². The van der Waals surface area contributed by atoms with Crippen LogP contribution in [0, 0.1) is 0 Å². The van der Waals surface area contributed by atoms with Gasteiger partial charge < -0.3 is 5.32 Å². The van der Waals surface area contributed by atoms with E-state index in [1.54, 1.807) is 12.3 Å². The second-order valence-corrected chi connectivity index (χ2v) is 9.21. The molecule has 31 heavy (non-hydrogen) atoms. The van der Waals surface area contributed by atoms with E-state index in [9.17, 15) is 14.4 Å². The first kappa shape index (κ1) is 21.3. The molecule has 2 heterocycles. The van der Waals surface area contributed by atoms with Crippen LogP contribution in [-0.2, 0) is 16.0 Å². The molecule has 2 aromatic carbocycles. The molecule has 1 aliphatic rings. The smallest absolute Gasteiger partial charge is 0.294 e. The predicted octanol–water partition coefficient (Wildman–Crippen LogP) is 5.06. The number of thiazole rings is 1. The summed E-state index contributed by atoms with van der Waals surface area (Å²) in [5.41, 5.74) is 1.85. The largest absolute Gasteiger partial charge is 0.300 e. The third-order valence-corrected chi connectivity index (χ3v) is 6.40. The van der Waals surface area contributed by atoms with Gasteiger partial charge in [-0.2, -0.15) is 0 Å². The molecule has 1 N–H and O–H groups in total. The van der Waals surface area contributed by atoms with Crippen LogP contribution in [0.2, 0.25) is 5.02 Å². The van der Waals surface area contributed by atoms with Crippen molar-refractivity contribution in [2.45, 2.75) is 6.42 Å². The molecule has 9 heteroatoms. The fraction of sp³-hybridized carbons (Fsp3) is 0.0909. The zero-order valence-corrected chi connectivity index (χ0v) is 18.5. The molecule has 3 amide bonds. The second-order valence-electron chi connectivity index (χ2n) is 6.67. The Morgan fingerprint density at radius 2 is 1.94 bits per heavy atom. The second kappa shape index (κ2) is 9.47. The SMILES string of the molecule is O=C(CN1C(=O)S/C(=C\c2ccccc2)C1=O)Nc1ncc(Cc2cccc(Cl)c2)s1. The molecule has 1 fully saturated rings. The molecular weight excluding hydrogens is 454 g/mol. The van der Waals surface area contributed by atoms with Crippen LogP contribution in [0.1, 0.15) is 16.0 Å². The summed E-state index contributed by atoms with van der Waals surface area (Å²) in [6, 6.07) is 16.8. The van der Waals surface area contributed by atoms with E-state index in [0.717, 1.165) is 32.7 Å². The van der Waals surface area contributed by atoms with E-state index in [-0.39, 0.29) is 6.54 Å². The minimum atomic E-state index is -0.480. The number of anilines is 1. The quantitative estimate of drug-likeness (QED) is 0.510. The Balaban J connectivity index is 1.37. The van der Waals surface area contributed by atoms with Gasteiger partial charge in [-0.05, 0) is 41.1 Å². The number of carbonyl (C=O) groups is 3. The van der Waals surface area contributed by atoms with Crippen LogP contribution < -0.4 is 5.32 Å². The highest BCUT2D eigenvalue weighted by Gasteiger charge is 2.36. The topological polar surface area (TPSA) is 79.4 Å². The lowest BCUT2D eigenvalue weighted by molar-refractivity contribution is -0.127. The molecule has 1 aromatic heterocycles. The number of halogens is 1. The van der Waals surface area contributed by atoms with Crippen molar-refractivity contribution in [2.24, 2.45) is 0 Å². The molecule has 0 spiro atoms. The summed E-state index contributed by atoms with van der Waals surface area (Å²) in [6.45, 7) is -0.361. The van der Waals surface area contributed by atoms with Crippen LogP contribution >= 0.6 is 34.7 Å². The van der Waals surface area contributed by atoms with Crippen molar-refractivity contribution in [3.8, 4) is 0 Å². The average Bonchev–Trinajstić information content (AvgIpc) is 3.28. The summed E-state index contributed by atoms with van der Waals surface area (Å²) in [5.74, 6) is -0.957. The molecule has 6 nitrogen and oxygen atoms in total. The number of thioether (sulfide) groups is 1. The van der Waals surface area contributed by atoms with E-state index in [0.29, 0.717) is 21.5 Å². The summed E-state index contributed by atoms with van der Waals surface area (Å²) in [7, 11) is 0. The van der Waals surface area contributed by atoms with E-state index >= 15 is 0 Å². The standard InChI is InChI=1S/C22H16ClN3O3S2/c23-16-8-4-7-15(9-16)10-17-12-24-21(30-17)25-19(27)13-26-20(28)18(31-22(26)29)11-14-5-2-1-3-6-14/h1-9,11-12H,10,13H2,(H,24,25,27)/b18-11-. The minimum absolute atomic E-state index is 0.294. The maximum atomic E-state index is 12.6. The maximum Gasteiger partial charge on any atom is 0.294 e. The number of imide groups is 1. The van der Waals surface area contributed by atoms with Gasteiger partial charge in [0.15, 0.2) is 5.13 Å². The molecule has 1 saturated heterocycles. The van der Waals surface area contributed by atoms with Crippen LogP contribution in [0.15, 0.2) is 65.7 Å². The Labute approximate surface area is 191 Å². The highest BCUT2D eigenvalue weighted by Crippen LogP contribution is 2.32. The molecule has 0 aliphatic carbocycles. The van der Waals surface area contributed by atoms with Crippen molar-refractivity contribution < 1.29 is 14.4 Å². The van der Waals surface area contributed by atoms with Crippen LogP contribution in [0.5, 0.6) is 0 Å². The lowest BCUT2D eigenvalue weighted by Crippen LogP contribution is -2.36. The molecule has 1 aliphatic heterocycles.